The Hall–Kier alpha value is -1.04. The van der Waals surface area contributed by atoms with E-state index >= 15 is 0 Å². The molecule has 84 valence electrons. The topological polar surface area (TPSA) is 57.0 Å². The summed E-state index contributed by atoms with van der Waals surface area (Å²) >= 11 is 1.67. The van der Waals surface area contributed by atoms with Crippen molar-refractivity contribution in [2.45, 2.75) is 24.3 Å². The summed E-state index contributed by atoms with van der Waals surface area (Å²) in [4.78, 5) is 11.0. The van der Waals surface area contributed by atoms with Crippen LogP contribution in [0.3, 0.4) is 0 Å². The Balaban J connectivity index is 2.31. The third kappa shape index (κ3) is 3.91. The highest BCUT2D eigenvalue weighted by Crippen LogP contribution is 2.18. The molecule has 1 heterocycles. The van der Waals surface area contributed by atoms with Gasteiger partial charge in [0.15, 0.2) is 0 Å². The van der Waals surface area contributed by atoms with Gasteiger partial charge in [0.1, 0.15) is 12.2 Å². The van der Waals surface area contributed by atoms with E-state index in [0.717, 1.165) is 11.6 Å². The summed E-state index contributed by atoms with van der Waals surface area (Å²) in [5.41, 5.74) is 0. The molecule has 0 aliphatic rings. The fraction of sp³-hybridized carbons (Fsp3) is 0.667. The molecule has 0 bridgehead atoms. The van der Waals surface area contributed by atoms with Gasteiger partial charge in [-0.25, -0.2) is 0 Å². The van der Waals surface area contributed by atoms with Crippen molar-refractivity contribution in [1.82, 2.24) is 14.8 Å². The highest BCUT2D eigenvalue weighted by Gasteiger charge is 2.11. The zero-order valence-electron chi connectivity index (χ0n) is 9.14. The highest BCUT2D eigenvalue weighted by atomic mass is 32.2. The molecule has 0 saturated heterocycles. The first kappa shape index (κ1) is 12.0. The number of rotatable bonds is 5. The molecule has 0 aliphatic carbocycles. The maximum Gasteiger partial charge on any atom is 0.306 e. The molecule has 0 spiro atoms. The number of ether oxygens (including phenoxy) is 1. The van der Waals surface area contributed by atoms with E-state index in [9.17, 15) is 4.79 Å². The summed E-state index contributed by atoms with van der Waals surface area (Å²) in [7, 11) is 3.31. The molecule has 0 radical (unpaired) electrons. The summed E-state index contributed by atoms with van der Waals surface area (Å²) in [5, 5.41) is 7.98. The van der Waals surface area contributed by atoms with Gasteiger partial charge in [0, 0.05) is 12.3 Å². The number of thioether (sulfide) groups is 1. The summed E-state index contributed by atoms with van der Waals surface area (Å²) in [5.74, 6) is 1.50. The highest BCUT2D eigenvalue weighted by molar-refractivity contribution is 7.99. The van der Waals surface area contributed by atoms with Crippen LogP contribution in [0, 0.1) is 0 Å². The third-order valence-corrected chi connectivity index (χ3v) is 3.14. The molecule has 1 atom stereocenters. The number of esters is 1. The number of nitrogens with zero attached hydrogens (tertiary/aromatic N) is 3. The van der Waals surface area contributed by atoms with E-state index in [4.69, 9.17) is 0 Å². The smallest absolute Gasteiger partial charge is 0.306 e. The van der Waals surface area contributed by atoms with Gasteiger partial charge in [-0.15, -0.1) is 10.2 Å². The molecular formula is C9H15N3O2S. The minimum Gasteiger partial charge on any atom is -0.469 e. The lowest BCUT2D eigenvalue weighted by atomic mass is 10.3. The van der Waals surface area contributed by atoms with Gasteiger partial charge < -0.3 is 9.30 Å². The number of hydrogen-bond acceptors (Lipinski definition) is 5. The van der Waals surface area contributed by atoms with Crippen LogP contribution in [0.15, 0.2) is 6.33 Å². The van der Waals surface area contributed by atoms with Crippen molar-refractivity contribution >= 4 is 17.7 Å². The van der Waals surface area contributed by atoms with Gasteiger partial charge in [-0.2, -0.15) is 11.8 Å². The van der Waals surface area contributed by atoms with Crippen LogP contribution < -0.4 is 0 Å². The van der Waals surface area contributed by atoms with Crippen molar-refractivity contribution in [3.63, 3.8) is 0 Å². The first-order valence-corrected chi connectivity index (χ1v) is 5.69. The van der Waals surface area contributed by atoms with Crippen molar-refractivity contribution < 1.29 is 9.53 Å². The number of carbonyl (C=O) groups is 1. The SMILES string of the molecule is COC(=O)CC(C)SCc1nncn1C. The normalized spacial score (nSPS) is 12.5. The van der Waals surface area contributed by atoms with Crippen LogP contribution in [0.1, 0.15) is 19.2 Å². The fourth-order valence-corrected chi connectivity index (χ4v) is 1.98. The van der Waals surface area contributed by atoms with E-state index in [0.29, 0.717) is 6.42 Å². The lowest BCUT2D eigenvalue weighted by Gasteiger charge is -2.08. The van der Waals surface area contributed by atoms with E-state index in [2.05, 4.69) is 14.9 Å². The summed E-state index contributed by atoms with van der Waals surface area (Å²) in [6, 6.07) is 0. The van der Waals surface area contributed by atoms with Gasteiger partial charge in [0.2, 0.25) is 0 Å². The fourth-order valence-electron chi connectivity index (χ4n) is 1.03. The van der Waals surface area contributed by atoms with E-state index in [1.807, 2.05) is 18.5 Å². The molecule has 0 aliphatic heterocycles. The van der Waals surface area contributed by atoms with E-state index in [1.165, 1.54) is 7.11 Å². The zero-order chi connectivity index (χ0) is 11.3. The summed E-state index contributed by atoms with van der Waals surface area (Å²) in [6.07, 6.45) is 2.10. The lowest BCUT2D eigenvalue weighted by molar-refractivity contribution is -0.140. The van der Waals surface area contributed by atoms with Gasteiger partial charge in [-0.3, -0.25) is 4.79 Å². The molecule has 1 unspecified atom stereocenters. The van der Waals surface area contributed by atoms with Crippen LogP contribution >= 0.6 is 11.8 Å². The number of methoxy groups -OCH3 is 1. The Morgan fingerprint density at radius 1 is 1.73 bits per heavy atom. The number of aryl methyl sites for hydroxylation is 1. The van der Waals surface area contributed by atoms with E-state index in [1.54, 1.807) is 18.1 Å². The van der Waals surface area contributed by atoms with Crippen LogP contribution in [-0.2, 0) is 22.3 Å². The summed E-state index contributed by atoms with van der Waals surface area (Å²) < 4.78 is 6.47. The minimum atomic E-state index is -0.173. The minimum absolute atomic E-state index is 0.173. The maximum atomic E-state index is 11.0. The van der Waals surface area contributed by atoms with Gasteiger partial charge in [-0.1, -0.05) is 6.92 Å². The van der Waals surface area contributed by atoms with Crippen LogP contribution in [0.25, 0.3) is 0 Å². The van der Waals surface area contributed by atoms with Crippen LogP contribution in [0.2, 0.25) is 0 Å². The zero-order valence-corrected chi connectivity index (χ0v) is 9.95. The summed E-state index contributed by atoms with van der Waals surface area (Å²) in [6.45, 7) is 2.00. The second-order valence-electron chi connectivity index (χ2n) is 3.26. The molecule has 0 aromatic carbocycles. The predicted molar refractivity (Wildman–Crippen MR) is 58.4 cm³/mol. The van der Waals surface area contributed by atoms with E-state index < -0.39 is 0 Å². The standard InChI is InChI=1S/C9H15N3O2S/c1-7(4-9(13)14-3)15-5-8-11-10-6-12(8)2/h6-7H,4-5H2,1-3H3. The Labute approximate surface area is 93.2 Å². The Morgan fingerprint density at radius 3 is 3.00 bits per heavy atom. The van der Waals surface area contributed by atoms with E-state index in [-0.39, 0.29) is 11.2 Å². The monoisotopic (exact) mass is 229 g/mol. The molecule has 0 N–H and O–H groups in total. The lowest BCUT2D eigenvalue weighted by Crippen LogP contribution is -2.09. The number of carbonyl (C=O) groups excluding carboxylic acids is 1. The molecule has 1 aromatic rings. The van der Waals surface area contributed by atoms with Crippen LogP contribution in [-0.4, -0.2) is 33.1 Å². The largest absolute Gasteiger partial charge is 0.469 e. The van der Waals surface area contributed by atoms with Crippen LogP contribution in [0.4, 0.5) is 0 Å². The number of hydrogen-bond donors (Lipinski definition) is 0. The first-order valence-electron chi connectivity index (χ1n) is 4.64. The second-order valence-corrected chi connectivity index (χ2v) is 4.69. The molecule has 0 amide bonds. The molecule has 1 rings (SSSR count). The van der Waals surface area contributed by atoms with Crippen molar-refractivity contribution in [2.75, 3.05) is 7.11 Å². The van der Waals surface area contributed by atoms with Gasteiger partial charge >= 0.3 is 5.97 Å². The Kier molecular flexibility index (Phi) is 4.61. The predicted octanol–water partition coefficient (Wildman–Crippen LogP) is 1.000. The third-order valence-electron chi connectivity index (χ3n) is 1.98. The van der Waals surface area contributed by atoms with Gasteiger partial charge in [-0.05, 0) is 0 Å². The molecular weight excluding hydrogens is 214 g/mol. The van der Waals surface area contributed by atoms with Crippen molar-refractivity contribution in [1.29, 1.82) is 0 Å². The quantitative estimate of drug-likeness (QED) is 0.705. The molecule has 5 nitrogen and oxygen atoms in total. The Morgan fingerprint density at radius 2 is 2.47 bits per heavy atom. The molecule has 15 heavy (non-hydrogen) atoms. The average Bonchev–Trinajstić information content (AvgIpc) is 2.61. The van der Waals surface area contributed by atoms with Crippen LogP contribution in [0.5, 0.6) is 0 Å². The molecule has 6 heteroatoms. The molecule has 0 fully saturated rings. The molecule has 0 saturated carbocycles. The molecule has 1 aromatic heterocycles. The van der Waals surface area contributed by atoms with Gasteiger partial charge in [0.05, 0.1) is 19.3 Å². The van der Waals surface area contributed by atoms with Crippen molar-refractivity contribution in [3.05, 3.63) is 12.2 Å². The van der Waals surface area contributed by atoms with Crippen molar-refractivity contribution in [3.8, 4) is 0 Å². The van der Waals surface area contributed by atoms with Gasteiger partial charge in [0.25, 0.3) is 0 Å². The average molecular weight is 229 g/mol. The second kappa shape index (κ2) is 5.75. The first-order chi connectivity index (χ1) is 7.13. The number of aromatic nitrogens is 3. The maximum absolute atomic E-state index is 11.0. The van der Waals surface area contributed by atoms with Crippen molar-refractivity contribution in [2.24, 2.45) is 7.05 Å². The Bertz CT molecular complexity index is 327.